The summed E-state index contributed by atoms with van der Waals surface area (Å²) in [6, 6.07) is 0. The van der Waals surface area contributed by atoms with Gasteiger partial charge in [-0.1, -0.05) is 6.92 Å². The molecule has 0 spiro atoms. The van der Waals surface area contributed by atoms with Gasteiger partial charge in [-0.2, -0.15) is 0 Å². The molecule has 126 valence electrons. The third kappa shape index (κ3) is 2.54. The zero-order valence-corrected chi connectivity index (χ0v) is 13.7. The van der Waals surface area contributed by atoms with E-state index < -0.39 is 0 Å². The molecule has 4 heterocycles. The first-order valence-electron chi connectivity index (χ1n) is 8.47. The third-order valence-electron chi connectivity index (χ3n) is 4.96. The van der Waals surface area contributed by atoms with Gasteiger partial charge < -0.3 is 16.0 Å². The van der Waals surface area contributed by atoms with E-state index in [1.807, 2.05) is 13.1 Å². The second-order valence-corrected chi connectivity index (χ2v) is 6.69. The maximum absolute atomic E-state index is 11.3. The van der Waals surface area contributed by atoms with Gasteiger partial charge >= 0.3 is 0 Å². The number of amides is 1. The van der Waals surface area contributed by atoms with Crippen LogP contribution in [0.4, 0.5) is 0 Å². The molecule has 7 nitrogen and oxygen atoms in total. The Hall–Kier alpha value is -2.41. The van der Waals surface area contributed by atoms with Crippen molar-refractivity contribution in [3.8, 4) is 0 Å². The molecular formula is C17H22N6O. The summed E-state index contributed by atoms with van der Waals surface area (Å²) in [4.78, 5) is 23.8. The third-order valence-corrected chi connectivity index (χ3v) is 4.96. The number of fused-ring (bicyclic) bond motifs is 3. The van der Waals surface area contributed by atoms with Crippen LogP contribution in [0.25, 0.3) is 16.8 Å². The first-order chi connectivity index (χ1) is 11.6. The fourth-order valence-corrected chi connectivity index (χ4v) is 3.68. The first kappa shape index (κ1) is 15.1. The van der Waals surface area contributed by atoms with Crippen molar-refractivity contribution in [2.75, 3.05) is 13.1 Å². The van der Waals surface area contributed by atoms with E-state index in [1.165, 1.54) is 0 Å². The SMILES string of the molecule is CC(CC(N)=O)c1c[nH]c2ncc3nc(C4CCNCC4)cn3c12. The lowest BCUT2D eigenvalue weighted by molar-refractivity contribution is -0.118. The molecule has 0 aliphatic carbocycles. The summed E-state index contributed by atoms with van der Waals surface area (Å²) in [7, 11) is 0. The van der Waals surface area contributed by atoms with Gasteiger partial charge in [0.25, 0.3) is 0 Å². The number of carbonyl (C=O) groups excluding carboxylic acids is 1. The number of H-pyrrole nitrogens is 1. The Morgan fingerprint density at radius 3 is 3.00 bits per heavy atom. The van der Waals surface area contributed by atoms with E-state index >= 15 is 0 Å². The molecule has 3 aromatic rings. The van der Waals surface area contributed by atoms with Crippen LogP contribution in [0, 0.1) is 0 Å². The van der Waals surface area contributed by atoms with Crippen molar-refractivity contribution >= 4 is 22.7 Å². The van der Waals surface area contributed by atoms with Gasteiger partial charge in [-0.3, -0.25) is 9.20 Å². The molecular weight excluding hydrogens is 304 g/mol. The highest BCUT2D eigenvalue weighted by Crippen LogP contribution is 2.30. The molecule has 1 aliphatic rings. The molecule has 4 rings (SSSR count). The van der Waals surface area contributed by atoms with Crippen molar-refractivity contribution in [2.45, 2.75) is 38.0 Å². The molecule has 0 radical (unpaired) electrons. The van der Waals surface area contributed by atoms with E-state index in [0.29, 0.717) is 12.3 Å². The molecule has 0 saturated carbocycles. The maximum atomic E-state index is 11.3. The molecule has 1 saturated heterocycles. The predicted molar refractivity (Wildman–Crippen MR) is 91.9 cm³/mol. The van der Waals surface area contributed by atoms with Crippen molar-refractivity contribution in [1.29, 1.82) is 0 Å². The van der Waals surface area contributed by atoms with Gasteiger partial charge in [-0.15, -0.1) is 0 Å². The summed E-state index contributed by atoms with van der Waals surface area (Å²) in [5, 5.41) is 3.39. The highest BCUT2D eigenvalue weighted by Gasteiger charge is 2.21. The molecule has 1 aliphatic heterocycles. The second kappa shape index (κ2) is 5.90. The minimum absolute atomic E-state index is 0.0355. The number of nitrogens with two attached hydrogens (primary N) is 1. The van der Waals surface area contributed by atoms with Crippen LogP contribution in [-0.4, -0.2) is 38.3 Å². The summed E-state index contributed by atoms with van der Waals surface area (Å²) >= 11 is 0. The van der Waals surface area contributed by atoms with Crippen LogP contribution in [0.2, 0.25) is 0 Å². The Bertz CT molecular complexity index is 889. The highest BCUT2D eigenvalue weighted by atomic mass is 16.1. The number of aromatic amines is 1. The molecule has 1 atom stereocenters. The lowest BCUT2D eigenvalue weighted by atomic mass is 9.95. The number of carbonyl (C=O) groups is 1. The van der Waals surface area contributed by atoms with Gasteiger partial charge in [0, 0.05) is 24.7 Å². The molecule has 1 fully saturated rings. The Labute approximate surface area is 139 Å². The molecule has 0 aromatic carbocycles. The van der Waals surface area contributed by atoms with Gasteiger partial charge in [0.1, 0.15) is 0 Å². The lowest BCUT2D eigenvalue weighted by Crippen LogP contribution is -2.26. The molecule has 0 bridgehead atoms. The number of nitrogens with zero attached hydrogens (tertiary/aromatic N) is 3. The average molecular weight is 326 g/mol. The molecule has 4 N–H and O–H groups in total. The zero-order chi connectivity index (χ0) is 16.7. The lowest BCUT2D eigenvalue weighted by Gasteiger charge is -2.20. The monoisotopic (exact) mass is 326 g/mol. The smallest absolute Gasteiger partial charge is 0.218 e. The Balaban J connectivity index is 1.81. The fourth-order valence-electron chi connectivity index (χ4n) is 3.68. The molecule has 1 unspecified atom stereocenters. The number of hydrogen-bond acceptors (Lipinski definition) is 4. The van der Waals surface area contributed by atoms with Crippen molar-refractivity contribution in [3.63, 3.8) is 0 Å². The van der Waals surface area contributed by atoms with Crippen molar-refractivity contribution in [2.24, 2.45) is 5.73 Å². The number of piperidine rings is 1. The van der Waals surface area contributed by atoms with Crippen LogP contribution in [0.3, 0.4) is 0 Å². The van der Waals surface area contributed by atoms with E-state index in [2.05, 4.69) is 25.9 Å². The van der Waals surface area contributed by atoms with Gasteiger partial charge in [-0.05, 0) is 37.4 Å². The van der Waals surface area contributed by atoms with Crippen LogP contribution in [0.1, 0.15) is 49.3 Å². The molecule has 3 aromatic heterocycles. The molecule has 1 amide bonds. The van der Waals surface area contributed by atoms with Gasteiger partial charge in [-0.25, -0.2) is 9.97 Å². The van der Waals surface area contributed by atoms with E-state index in [9.17, 15) is 4.79 Å². The van der Waals surface area contributed by atoms with E-state index in [4.69, 9.17) is 10.7 Å². The van der Waals surface area contributed by atoms with Gasteiger partial charge in [0.05, 0.1) is 17.4 Å². The van der Waals surface area contributed by atoms with Crippen molar-refractivity contribution < 1.29 is 4.79 Å². The zero-order valence-electron chi connectivity index (χ0n) is 13.7. The predicted octanol–water partition coefficient (Wildman–Crippen LogP) is 1.66. The molecule has 24 heavy (non-hydrogen) atoms. The van der Waals surface area contributed by atoms with Crippen LogP contribution in [0.5, 0.6) is 0 Å². The Morgan fingerprint density at radius 1 is 1.46 bits per heavy atom. The summed E-state index contributed by atoms with van der Waals surface area (Å²) in [6.07, 6.45) is 8.39. The maximum Gasteiger partial charge on any atom is 0.218 e. The van der Waals surface area contributed by atoms with Crippen molar-refractivity contribution in [1.82, 2.24) is 24.7 Å². The Morgan fingerprint density at radius 2 is 2.25 bits per heavy atom. The normalized spacial score (nSPS) is 17.5. The second-order valence-electron chi connectivity index (χ2n) is 6.69. The first-order valence-corrected chi connectivity index (χ1v) is 8.47. The highest BCUT2D eigenvalue weighted by molar-refractivity contribution is 5.81. The number of rotatable bonds is 4. The largest absolute Gasteiger partial charge is 0.370 e. The van der Waals surface area contributed by atoms with Crippen LogP contribution in [0.15, 0.2) is 18.6 Å². The fraction of sp³-hybridized carbons (Fsp3) is 0.471. The number of hydrogen-bond donors (Lipinski definition) is 3. The number of nitrogens with one attached hydrogen (secondary N) is 2. The molecule has 7 heteroatoms. The van der Waals surface area contributed by atoms with Gasteiger partial charge in [0.2, 0.25) is 5.91 Å². The number of aromatic nitrogens is 4. The minimum Gasteiger partial charge on any atom is -0.370 e. The summed E-state index contributed by atoms with van der Waals surface area (Å²) in [5.41, 5.74) is 10.2. The number of primary amides is 1. The summed E-state index contributed by atoms with van der Waals surface area (Å²) in [6.45, 7) is 4.09. The van der Waals surface area contributed by atoms with Crippen molar-refractivity contribution in [3.05, 3.63) is 29.8 Å². The summed E-state index contributed by atoms with van der Waals surface area (Å²) in [5.74, 6) is 0.234. The quantitative estimate of drug-likeness (QED) is 0.678. The van der Waals surface area contributed by atoms with E-state index in [1.54, 1.807) is 6.20 Å². The average Bonchev–Trinajstić information content (AvgIpc) is 3.18. The minimum atomic E-state index is -0.294. The summed E-state index contributed by atoms with van der Waals surface area (Å²) < 4.78 is 2.10. The number of imidazole rings is 1. The topological polar surface area (TPSA) is 101 Å². The van der Waals surface area contributed by atoms with E-state index in [-0.39, 0.29) is 11.8 Å². The van der Waals surface area contributed by atoms with Crippen LogP contribution in [-0.2, 0) is 4.79 Å². The standard InChI is InChI=1S/C17H22N6O/c1-10(6-14(18)24)12-7-20-17-16(12)23-9-13(22-15(23)8-21-17)11-2-4-19-5-3-11/h7-11,19-20H,2-6H2,1H3,(H2,18,24). The van der Waals surface area contributed by atoms with Gasteiger partial charge in [0.15, 0.2) is 11.3 Å². The van der Waals surface area contributed by atoms with Crippen LogP contribution < -0.4 is 11.1 Å². The van der Waals surface area contributed by atoms with Crippen LogP contribution >= 0.6 is 0 Å². The van der Waals surface area contributed by atoms with E-state index in [0.717, 1.165) is 54.0 Å². The Kier molecular flexibility index (Phi) is 3.72.